The molecule has 0 radical (unpaired) electrons. The molecule has 0 bridgehead atoms. The van der Waals surface area contributed by atoms with Gasteiger partial charge in [0.2, 0.25) is 0 Å². The SMILES string of the molecule is CC1CNCCN2CCCC12. The lowest BCUT2D eigenvalue weighted by molar-refractivity contribution is 0.225. The van der Waals surface area contributed by atoms with Crippen molar-refractivity contribution >= 4 is 0 Å². The maximum atomic E-state index is 3.48. The molecular formula is C9H18N2. The zero-order valence-electron chi connectivity index (χ0n) is 7.34. The molecule has 2 saturated heterocycles. The molecule has 2 aliphatic heterocycles. The molecule has 0 aromatic heterocycles. The maximum Gasteiger partial charge on any atom is 0.0134 e. The van der Waals surface area contributed by atoms with Gasteiger partial charge in [-0.1, -0.05) is 6.92 Å². The van der Waals surface area contributed by atoms with Gasteiger partial charge in [-0.15, -0.1) is 0 Å². The first-order chi connectivity index (χ1) is 5.38. The summed E-state index contributed by atoms with van der Waals surface area (Å²) in [6, 6.07) is 0.894. The van der Waals surface area contributed by atoms with Gasteiger partial charge in [0.25, 0.3) is 0 Å². The molecule has 11 heavy (non-hydrogen) atoms. The minimum Gasteiger partial charge on any atom is -0.315 e. The summed E-state index contributed by atoms with van der Waals surface area (Å²) in [7, 11) is 0. The Kier molecular flexibility index (Phi) is 2.14. The van der Waals surface area contributed by atoms with E-state index in [9.17, 15) is 0 Å². The van der Waals surface area contributed by atoms with Crippen LogP contribution in [0, 0.1) is 5.92 Å². The first kappa shape index (κ1) is 7.56. The largest absolute Gasteiger partial charge is 0.315 e. The highest BCUT2D eigenvalue weighted by atomic mass is 15.2. The van der Waals surface area contributed by atoms with Gasteiger partial charge in [-0.2, -0.15) is 0 Å². The molecule has 2 fully saturated rings. The molecule has 64 valence electrons. The molecule has 0 spiro atoms. The van der Waals surface area contributed by atoms with Crippen molar-refractivity contribution in [2.75, 3.05) is 26.2 Å². The maximum absolute atomic E-state index is 3.48. The average Bonchev–Trinajstić information content (AvgIpc) is 2.40. The molecule has 0 saturated carbocycles. The van der Waals surface area contributed by atoms with E-state index in [4.69, 9.17) is 0 Å². The second-order valence-electron chi connectivity index (χ2n) is 3.93. The van der Waals surface area contributed by atoms with Crippen LogP contribution in [-0.2, 0) is 0 Å². The number of nitrogens with one attached hydrogen (secondary N) is 1. The highest BCUT2D eigenvalue weighted by Crippen LogP contribution is 2.24. The van der Waals surface area contributed by atoms with Crippen molar-refractivity contribution in [2.45, 2.75) is 25.8 Å². The lowest BCUT2D eigenvalue weighted by atomic mass is 10.0. The molecule has 1 N–H and O–H groups in total. The minimum absolute atomic E-state index is 0.861. The quantitative estimate of drug-likeness (QED) is 0.552. The van der Waals surface area contributed by atoms with E-state index in [1.165, 1.54) is 39.0 Å². The Morgan fingerprint density at radius 2 is 2.27 bits per heavy atom. The number of fused-ring (bicyclic) bond motifs is 1. The highest BCUT2D eigenvalue weighted by molar-refractivity contribution is 4.86. The van der Waals surface area contributed by atoms with E-state index >= 15 is 0 Å². The monoisotopic (exact) mass is 154 g/mol. The predicted molar refractivity (Wildman–Crippen MR) is 46.6 cm³/mol. The lowest BCUT2D eigenvalue weighted by Gasteiger charge is -2.25. The van der Waals surface area contributed by atoms with Crippen LogP contribution in [0.4, 0.5) is 0 Å². The minimum atomic E-state index is 0.861. The standard InChI is InChI=1S/C9H18N2/c1-8-7-10-4-6-11-5-2-3-9(8)11/h8-10H,2-7H2,1H3. The second kappa shape index (κ2) is 3.11. The van der Waals surface area contributed by atoms with Crippen LogP contribution in [0.1, 0.15) is 19.8 Å². The van der Waals surface area contributed by atoms with E-state index in [1.54, 1.807) is 0 Å². The van der Waals surface area contributed by atoms with Crippen molar-refractivity contribution in [3.63, 3.8) is 0 Å². The van der Waals surface area contributed by atoms with E-state index in [-0.39, 0.29) is 0 Å². The number of hydrogen-bond acceptors (Lipinski definition) is 2. The third kappa shape index (κ3) is 1.42. The summed E-state index contributed by atoms with van der Waals surface area (Å²) in [5, 5.41) is 3.48. The Bertz CT molecular complexity index is 136. The highest BCUT2D eigenvalue weighted by Gasteiger charge is 2.30. The van der Waals surface area contributed by atoms with Gasteiger partial charge in [-0.3, -0.25) is 4.90 Å². The van der Waals surface area contributed by atoms with E-state index in [0.717, 1.165) is 12.0 Å². The Labute approximate surface area is 69.0 Å². The van der Waals surface area contributed by atoms with Gasteiger partial charge in [-0.25, -0.2) is 0 Å². The van der Waals surface area contributed by atoms with Crippen molar-refractivity contribution in [3.05, 3.63) is 0 Å². The molecule has 0 aliphatic carbocycles. The van der Waals surface area contributed by atoms with E-state index < -0.39 is 0 Å². The Hall–Kier alpha value is -0.0800. The normalized spacial score (nSPS) is 40.1. The summed E-state index contributed by atoms with van der Waals surface area (Å²) in [6.07, 6.45) is 2.86. The van der Waals surface area contributed by atoms with Crippen molar-refractivity contribution in [3.8, 4) is 0 Å². The number of nitrogens with zero attached hydrogens (tertiary/aromatic N) is 1. The summed E-state index contributed by atoms with van der Waals surface area (Å²) < 4.78 is 0. The van der Waals surface area contributed by atoms with Gasteiger partial charge in [0, 0.05) is 19.1 Å². The van der Waals surface area contributed by atoms with Crippen LogP contribution in [0.15, 0.2) is 0 Å². The molecule has 2 atom stereocenters. The molecule has 2 aliphatic rings. The summed E-state index contributed by atoms with van der Waals surface area (Å²) in [6.45, 7) is 7.41. The Balaban J connectivity index is 2.03. The van der Waals surface area contributed by atoms with Crippen molar-refractivity contribution < 1.29 is 0 Å². The van der Waals surface area contributed by atoms with Gasteiger partial charge in [0.15, 0.2) is 0 Å². The Morgan fingerprint density at radius 3 is 3.18 bits per heavy atom. The zero-order valence-corrected chi connectivity index (χ0v) is 7.34. The molecular weight excluding hydrogens is 136 g/mol. The van der Waals surface area contributed by atoms with Crippen LogP contribution in [0.2, 0.25) is 0 Å². The van der Waals surface area contributed by atoms with Crippen molar-refractivity contribution in [1.82, 2.24) is 10.2 Å². The van der Waals surface area contributed by atoms with Crippen molar-refractivity contribution in [1.29, 1.82) is 0 Å². The van der Waals surface area contributed by atoms with E-state index in [1.807, 2.05) is 0 Å². The third-order valence-corrected chi connectivity index (χ3v) is 3.11. The summed E-state index contributed by atoms with van der Waals surface area (Å²) >= 11 is 0. The van der Waals surface area contributed by atoms with Gasteiger partial charge in [0.05, 0.1) is 0 Å². The molecule has 2 heterocycles. The predicted octanol–water partition coefficient (Wildman–Crippen LogP) is 0.690. The van der Waals surface area contributed by atoms with Gasteiger partial charge < -0.3 is 5.32 Å². The topological polar surface area (TPSA) is 15.3 Å². The summed E-state index contributed by atoms with van der Waals surface area (Å²) in [5.41, 5.74) is 0. The molecule has 2 heteroatoms. The molecule has 2 rings (SSSR count). The fourth-order valence-electron chi connectivity index (χ4n) is 2.46. The molecule has 0 amide bonds. The zero-order chi connectivity index (χ0) is 7.68. The van der Waals surface area contributed by atoms with Crippen LogP contribution in [-0.4, -0.2) is 37.1 Å². The third-order valence-electron chi connectivity index (χ3n) is 3.11. The molecule has 0 aromatic rings. The molecule has 2 unspecified atom stereocenters. The van der Waals surface area contributed by atoms with Crippen LogP contribution < -0.4 is 5.32 Å². The first-order valence-corrected chi connectivity index (χ1v) is 4.82. The smallest absolute Gasteiger partial charge is 0.0134 e. The van der Waals surface area contributed by atoms with Crippen LogP contribution >= 0.6 is 0 Å². The van der Waals surface area contributed by atoms with Crippen LogP contribution in [0.5, 0.6) is 0 Å². The first-order valence-electron chi connectivity index (χ1n) is 4.82. The van der Waals surface area contributed by atoms with Gasteiger partial charge in [-0.05, 0) is 31.8 Å². The number of rotatable bonds is 0. The lowest BCUT2D eigenvalue weighted by Crippen LogP contribution is -2.34. The summed E-state index contributed by atoms with van der Waals surface area (Å²) in [4.78, 5) is 2.66. The van der Waals surface area contributed by atoms with Gasteiger partial charge in [0.1, 0.15) is 0 Å². The van der Waals surface area contributed by atoms with Crippen LogP contribution in [0.25, 0.3) is 0 Å². The van der Waals surface area contributed by atoms with E-state index in [2.05, 4.69) is 17.1 Å². The fourth-order valence-corrected chi connectivity index (χ4v) is 2.46. The number of hydrogen-bond donors (Lipinski definition) is 1. The van der Waals surface area contributed by atoms with Gasteiger partial charge >= 0.3 is 0 Å². The Morgan fingerprint density at radius 1 is 1.36 bits per heavy atom. The second-order valence-corrected chi connectivity index (χ2v) is 3.93. The fraction of sp³-hybridized carbons (Fsp3) is 1.00. The van der Waals surface area contributed by atoms with Crippen LogP contribution in [0.3, 0.4) is 0 Å². The van der Waals surface area contributed by atoms with E-state index in [0.29, 0.717) is 0 Å². The molecule has 2 nitrogen and oxygen atoms in total. The molecule has 0 aromatic carbocycles. The average molecular weight is 154 g/mol. The van der Waals surface area contributed by atoms with Crippen molar-refractivity contribution in [2.24, 2.45) is 5.92 Å². The summed E-state index contributed by atoms with van der Waals surface area (Å²) in [5.74, 6) is 0.861.